The molecule has 0 aromatic carbocycles. The van der Waals surface area contributed by atoms with Gasteiger partial charge in [0.1, 0.15) is 0 Å². The largest absolute Gasteiger partial charge is 0.470 e. The van der Waals surface area contributed by atoms with Crippen molar-refractivity contribution in [3.8, 4) is 0 Å². The lowest BCUT2D eigenvalue weighted by Gasteiger charge is -2.27. The van der Waals surface area contributed by atoms with Crippen LogP contribution in [0.1, 0.15) is 30.5 Å². The monoisotopic (exact) mass is 208 g/mol. The van der Waals surface area contributed by atoms with E-state index in [-0.39, 0.29) is 11.8 Å². The summed E-state index contributed by atoms with van der Waals surface area (Å²) < 4.78 is 40.5. The molecule has 1 aromatic heterocycles. The van der Waals surface area contributed by atoms with Crippen molar-refractivity contribution in [1.29, 1.82) is 0 Å². The highest BCUT2D eigenvalue weighted by Gasteiger charge is 2.40. The minimum Gasteiger partial charge on any atom is -0.417 e. The second-order valence-corrected chi connectivity index (χ2v) is 3.27. The first-order chi connectivity index (χ1) is 6.47. The lowest BCUT2D eigenvalue weighted by molar-refractivity contribution is -0.157. The van der Waals surface area contributed by atoms with Gasteiger partial charge in [-0.15, -0.1) is 10.2 Å². The zero-order valence-corrected chi connectivity index (χ0v) is 6.95. The van der Waals surface area contributed by atoms with Gasteiger partial charge >= 0.3 is 12.1 Å². The summed E-state index contributed by atoms with van der Waals surface area (Å²) in [5.74, 6) is -1.59. The molecule has 0 bridgehead atoms. The highest BCUT2D eigenvalue weighted by Crippen LogP contribution is 2.37. The van der Waals surface area contributed by atoms with Gasteiger partial charge in [0.25, 0.3) is 0 Å². The maximum absolute atomic E-state index is 12.0. The van der Waals surface area contributed by atoms with Gasteiger partial charge in [0.15, 0.2) is 0 Å². The minimum atomic E-state index is -4.59. The Hall–Kier alpha value is -1.11. The zero-order valence-electron chi connectivity index (χ0n) is 6.95. The molecule has 1 aliphatic carbocycles. The molecule has 0 unspecified atom stereocenters. The van der Waals surface area contributed by atoms with E-state index in [1.165, 1.54) is 0 Å². The molecule has 7 heteroatoms. The van der Waals surface area contributed by atoms with E-state index in [1.807, 2.05) is 0 Å². The van der Waals surface area contributed by atoms with Gasteiger partial charge in [0.2, 0.25) is 5.89 Å². The second-order valence-electron chi connectivity index (χ2n) is 3.27. The number of hydrogen-bond acceptors (Lipinski definition) is 4. The molecule has 1 heterocycles. The highest BCUT2D eigenvalue weighted by molar-refractivity contribution is 5.00. The van der Waals surface area contributed by atoms with E-state index >= 15 is 0 Å². The number of nitrogens with zero attached hydrogens (tertiary/aromatic N) is 2. The van der Waals surface area contributed by atoms with Crippen molar-refractivity contribution < 1.29 is 22.7 Å². The Morgan fingerprint density at radius 2 is 1.93 bits per heavy atom. The molecule has 2 rings (SSSR count). The SMILES string of the molecule is OC1CC(c2nnc(C(F)(F)F)o2)C1. The first kappa shape index (κ1) is 9.45. The van der Waals surface area contributed by atoms with Gasteiger partial charge in [-0.1, -0.05) is 0 Å². The summed E-state index contributed by atoms with van der Waals surface area (Å²) in [4.78, 5) is 0. The van der Waals surface area contributed by atoms with Crippen LogP contribution in [0.3, 0.4) is 0 Å². The fourth-order valence-corrected chi connectivity index (χ4v) is 1.30. The first-order valence-electron chi connectivity index (χ1n) is 4.05. The van der Waals surface area contributed by atoms with Gasteiger partial charge in [-0.3, -0.25) is 0 Å². The van der Waals surface area contributed by atoms with Crippen molar-refractivity contribution in [2.24, 2.45) is 0 Å². The summed E-state index contributed by atoms with van der Waals surface area (Å²) in [6, 6.07) is 0. The Labute approximate surface area is 76.7 Å². The van der Waals surface area contributed by atoms with Crippen LogP contribution in [0, 0.1) is 0 Å². The molecular formula is C7H7F3N2O2. The molecule has 0 spiro atoms. The van der Waals surface area contributed by atoms with Crippen LogP contribution in [0.5, 0.6) is 0 Å². The van der Waals surface area contributed by atoms with Crippen LogP contribution in [0.4, 0.5) is 13.2 Å². The van der Waals surface area contributed by atoms with Crippen LogP contribution in [-0.2, 0) is 6.18 Å². The van der Waals surface area contributed by atoms with Crippen molar-refractivity contribution >= 4 is 0 Å². The summed E-state index contributed by atoms with van der Waals surface area (Å²) in [6.07, 6.45) is -4.27. The van der Waals surface area contributed by atoms with Crippen LogP contribution in [0.2, 0.25) is 0 Å². The third-order valence-electron chi connectivity index (χ3n) is 2.15. The molecule has 0 amide bonds. The number of hydrogen-bond donors (Lipinski definition) is 1. The van der Waals surface area contributed by atoms with E-state index in [4.69, 9.17) is 5.11 Å². The lowest BCUT2D eigenvalue weighted by Crippen LogP contribution is -2.26. The molecule has 0 atom stereocenters. The number of rotatable bonds is 1. The zero-order chi connectivity index (χ0) is 10.3. The van der Waals surface area contributed by atoms with Crippen molar-refractivity contribution in [1.82, 2.24) is 10.2 Å². The Morgan fingerprint density at radius 3 is 2.36 bits per heavy atom. The van der Waals surface area contributed by atoms with Crippen molar-refractivity contribution in [2.75, 3.05) is 0 Å². The smallest absolute Gasteiger partial charge is 0.417 e. The fraction of sp³-hybridized carbons (Fsp3) is 0.714. The van der Waals surface area contributed by atoms with Gasteiger partial charge in [-0.2, -0.15) is 13.2 Å². The molecule has 1 fully saturated rings. The van der Waals surface area contributed by atoms with Crippen LogP contribution >= 0.6 is 0 Å². The molecule has 0 saturated heterocycles. The Morgan fingerprint density at radius 1 is 1.29 bits per heavy atom. The standard InChI is InChI=1S/C7H7F3N2O2/c8-7(9,10)6-12-11-5(14-6)3-1-4(13)2-3/h3-4,13H,1-2H2. The Kier molecular flexibility index (Phi) is 1.99. The molecule has 14 heavy (non-hydrogen) atoms. The maximum Gasteiger partial charge on any atom is 0.470 e. The number of halogens is 3. The molecule has 0 aliphatic heterocycles. The van der Waals surface area contributed by atoms with Gasteiger partial charge in [-0.25, -0.2) is 0 Å². The molecule has 1 saturated carbocycles. The molecule has 0 radical (unpaired) electrons. The maximum atomic E-state index is 12.0. The van der Waals surface area contributed by atoms with E-state index in [1.54, 1.807) is 0 Å². The van der Waals surface area contributed by atoms with Gasteiger partial charge in [-0.05, 0) is 12.8 Å². The third kappa shape index (κ3) is 1.59. The summed E-state index contributed by atoms with van der Waals surface area (Å²) in [7, 11) is 0. The van der Waals surface area contributed by atoms with Crippen LogP contribution in [0.15, 0.2) is 4.42 Å². The van der Waals surface area contributed by atoms with E-state index < -0.39 is 18.2 Å². The number of aromatic nitrogens is 2. The number of aliphatic hydroxyl groups excluding tert-OH is 1. The van der Waals surface area contributed by atoms with Crippen molar-refractivity contribution in [2.45, 2.75) is 31.0 Å². The predicted octanol–water partition coefficient (Wildman–Crippen LogP) is 1.33. The van der Waals surface area contributed by atoms with E-state index in [0.717, 1.165) is 0 Å². The molecule has 1 aromatic rings. The van der Waals surface area contributed by atoms with E-state index in [0.29, 0.717) is 12.8 Å². The topological polar surface area (TPSA) is 59.2 Å². The van der Waals surface area contributed by atoms with Crippen LogP contribution < -0.4 is 0 Å². The lowest BCUT2D eigenvalue weighted by atomic mass is 9.82. The van der Waals surface area contributed by atoms with Gasteiger partial charge < -0.3 is 9.52 Å². The Balaban J connectivity index is 2.11. The predicted molar refractivity (Wildman–Crippen MR) is 37.3 cm³/mol. The van der Waals surface area contributed by atoms with Gasteiger partial charge in [0.05, 0.1) is 6.10 Å². The van der Waals surface area contributed by atoms with E-state index in [9.17, 15) is 13.2 Å². The number of alkyl halides is 3. The normalized spacial score (nSPS) is 27.4. The molecule has 78 valence electrons. The quantitative estimate of drug-likeness (QED) is 0.756. The summed E-state index contributed by atoms with van der Waals surface area (Å²) >= 11 is 0. The van der Waals surface area contributed by atoms with Gasteiger partial charge in [0, 0.05) is 5.92 Å². The first-order valence-corrected chi connectivity index (χ1v) is 4.05. The summed E-state index contributed by atoms with van der Waals surface area (Å²) in [6.45, 7) is 0. The molecular weight excluding hydrogens is 201 g/mol. The van der Waals surface area contributed by atoms with Crippen LogP contribution in [-0.4, -0.2) is 21.4 Å². The number of aliphatic hydroxyl groups is 1. The second kappa shape index (κ2) is 2.94. The van der Waals surface area contributed by atoms with Crippen molar-refractivity contribution in [3.63, 3.8) is 0 Å². The van der Waals surface area contributed by atoms with Crippen molar-refractivity contribution in [3.05, 3.63) is 11.8 Å². The molecule has 1 aliphatic rings. The average molecular weight is 208 g/mol. The highest BCUT2D eigenvalue weighted by atomic mass is 19.4. The third-order valence-corrected chi connectivity index (χ3v) is 2.15. The summed E-state index contributed by atoms with van der Waals surface area (Å²) in [5, 5.41) is 15.1. The molecule has 4 nitrogen and oxygen atoms in total. The van der Waals surface area contributed by atoms with E-state index in [2.05, 4.69) is 14.6 Å². The Bertz CT molecular complexity index is 330. The fourth-order valence-electron chi connectivity index (χ4n) is 1.30. The summed E-state index contributed by atoms with van der Waals surface area (Å²) in [5.41, 5.74) is 0. The van der Waals surface area contributed by atoms with Crippen LogP contribution in [0.25, 0.3) is 0 Å². The minimum absolute atomic E-state index is 0.0392. The molecule has 1 N–H and O–H groups in total. The average Bonchev–Trinajstić information content (AvgIpc) is 2.45.